The first-order chi connectivity index (χ1) is 7.20. The van der Waals surface area contributed by atoms with Crippen molar-refractivity contribution < 1.29 is 4.79 Å². The highest BCUT2D eigenvalue weighted by molar-refractivity contribution is 8.14. The Morgan fingerprint density at radius 1 is 1.67 bits per heavy atom. The molecule has 2 heterocycles. The van der Waals surface area contributed by atoms with Gasteiger partial charge in [-0.3, -0.25) is 9.79 Å². The molecule has 2 aliphatic rings. The summed E-state index contributed by atoms with van der Waals surface area (Å²) >= 11 is 1.77. The average molecular weight is 227 g/mol. The molecule has 2 rings (SSSR count). The van der Waals surface area contributed by atoms with E-state index in [0.717, 1.165) is 31.1 Å². The molecule has 0 aromatic carbocycles. The van der Waals surface area contributed by atoms with Gasteiger partial charge in [-0.15, -0.1) is 0 Å². The Kier molecular flexibility index (Phi) is 3.19. The van der Waals surface area contributed by atoms with Crippen LogP contribution in [0.2, 0.25) is 0 Å². The highest BCUT2D eigenvalue weighted by Crippen LogP contribution is 2.23. The van der Waals surface area contributed by atoms with Gasteiger partial charge in [0, 0.05) is 18.8 Å². The van der Waals surface area contributed by atoms with E-state index in [1.165, 1.54) is 0 Å². The number of carbonyl (C=O) groups is 1. The first-order valence-corrected chi connectivity index (χ1v) is 6.31. The first-order valence-electron chi connectivity index (χ1n) is 5.43. The highest BCUT2D eigenvalue weighted by atomic mass is 32.2. The number of thioether (sulfide) groups is 1. The van der Waals surface area contributed by atoms with Gasteiger partial charge in [0.05, 0.1) is 6.54 Å². The molecule has 4 nitrogen and oxygen atoms in total. The largest absolute Gasteiger partial charge is 0.353 e. The van der Waals surface area contributed by atoms with Gasteiger partial charge >= 0.3 is 0 Å². The maximum absolute atomic E-state index is 11.6. The van der Waals surface area contributed by atoms with Crippen molar-refractivity contribution in [2.45, 2.75) is 31.1 Å². The Hall–Kier alpha value is -0.710. The first kappa shape index (κ1) is 10.8. The summed E-state index contributed by atoms with van der Waals surface area (Å²) in [6.07, 6.45) is 2.03. The topological polar surface area (TPSA) is 44.7 Å². The lowest BCUT2D eigenvalue weighted by Crippen LogP contribution is -2.39. The van der Waals surface area contributed by atoms with Gasteiger partial charge in [0.25, 0.3) is 0 Å². The van der Waals surface area contributed by atoms with Crippen LogP contribution in [0.1, 0.15) is 19.8 Å². The number of amidine groups is 1. The lowest BCUT2D eigenvalue weighted by molar-refractivity contribution is -0.127. The summed E-state index contributed by atoms with van der Waals surface area (Å²) in [5.74, 6) is 0.193. The molecule has 0 aromatic rings. The van der Waals surface area contributed by atoms with Gasteiger partial charge in [0.2, 0.25) is 5.91 Å². The predicted octanol–water partition coefficient (Wildman–Crippen LogP) is 0.688. The normalized spacial score (nSPS) is 30.9. The highest BCUT2D eigenvalue weighted by Gasteiger charge is 2.31. The summed E-state index contributed by atoms with van der Waals surface area (Å²) in [5.41, 5.74) is 0. The second-order valence-electron chi connectivity index (χ2n) is 4.04. The quantitative estimate of drug-likeness (QED) is 0.755. The number of likely N-dealkylation sites (N-methyl/N-ethyl adjacent to an activating group) is 1. The third kappa shape index (κ3) is 2.27. The van der Waals surface area contributed by atoms with Gasteiger partial charge in [0.15, 0.2) is 5.17 Å². The lowest BCUT2D eigenvalue weighted by Gasteiger charge is -2.13. The smallest absolute Gasteiger partial charge is 0.244 e. The minimum Gasteiger partial charge on any atom is -0.353 e. The molecule has 2 unspecified atom stereocenters. The van der Waals surface area contributed by atoms with E-state index < -0.39 is 0 Å². The molecule has 0 radical (unpaired) electrons. The van der Waals surface area contributed by atoms with Crippen LogP contribution < -0.4 is 5.32 Å². The molecule has 1 fully saturated rings. The Morgan fingerprint density at radius 2 is 2.47 bits per heavy atom. The van der Waals surface area contributed by atoms with E-state index in [1.807, 2.05) is 7.05 Å². The minimum atomic E-state index is -0.0446. The summed E-state index contributed by atoms with van der Waals surface area (Å²) in [6.45, 7) is 3.91. The van der Waals surface area contributed by atoms with Crippen molar-refractivity contribution in [3.63, 3.8) is 0 Å². The van der Waals surface area contributed by atoms with Crippen LogP contribution in [0.15, 0.2) is 4.99 Å². The summed E-state index contributed by atoms with van der Waals surface area (Å²) in [5, 5.41) is 4.80. The van der Waals surface area contributed by atoms with Crippen molar-refractivity contribution in [1.82, 2.24) is 10.2 Å². The van der Waals surface area contributed by atoms with Gasteiger partial charge in [0.1, 0.15) is 6.04 Å². The second-order valence-corrected chi connectivity index (χ2v) is 5.33. The number of rotatable bonds is 2. The number of hydrogen-bond acceptors (Lipinski definition) is 4. The molecule has 0 bridgehead atoms. The van der Waals surface area contributed by atoms with Crippen LogP contribution in [-0.2, 0) is 4.79 Å². The Morgan fingerprint density at radius 3 is 3.00 bits per heavy atom. The van der Waals surface area contributed by atoms with Crippen LogP contribution in [0, 0.1) is 0 Å². The fourth-order valence-electron chi connectivity index (χ4n) is 1.81. The molecular weight excluding hydrogens is 210 g/mol. The van der Waals surface area contributed by atoms with E-state index in [4.69, 9.17) is 0 Å². The minimum absolute atomic E-state index is 0.0446. The predicted molar refractivity (Wildman–Crippen MR) is 63.1 cm³/mol. The number of nitrogens with one attached hydrogen (secondary N) is 1. The van der Waals surface area contributed by atoms with Crippen molar-refractivity contribution in [2.75, 3.05) is 20.1 Å². The molecule has 15 heavy (non-hydrogen) atoms. The zero-order chi connectivity index (χ0) is 10.8. The number of likely N-dealkylation sites (tertiary alicyclic amines) is 1. The molecule has 0 aliphatic carbocycles. The van der Waals surface area contributed by atoms with Crippen LogP contribution >= 0.6 is 11.8 Å². The molecule has 0 aromatic heterocycles. The summed E-state index contributed by atoms with van der Waals surface area (Å²) in [6, 6.07) is -0.0446. The van der Waals surface area contributed by atoms with Gasteiger partial charge in [-0.2, -0.15) is 0 Å². The van der Waals surface area contributed by atoms with Gasteiger partial charge in [-0.25, -0.2) is 0 Å². The number of carbonyl (C=O) groups excluding carboxylic acids is 1. The maximum atomic E-state index is 11.6. The van der Waals surface area contributed by atoms with Crippen LogP contribution in [0.5, 0.6) is 0 Å². The van der Waals surface area contributed by atoms with Crippen molar-refractivity contribution in [3.05, 3.63) is 0 Å². The van der Waals surface area contributed by atoms with Gasteiger partial charge in [-0.05, 0) is 12.8 Å². The van der Waals surface area contributed by atoms with E-state index in [9.17, 15) is 4.79 Å². The van der Waals surface area contributed by atoms with Crippen molar-refractivity contribution in [2.24, 2.45) is 4.99 Å². The number of aliphatic imine (C=N–C) groups is 1. The number of nitrogens with zero attached hydrogens (tertiary/aromatic N) is 2. The summed E-state index contributed by atoms with van der Waals surface area (Å²) in [7, 11) is 1.85. The molecule has 0 saturated carbocycles. The third-order valence-corrected chi connectivity index (χ3v) is 4.18. The second kappa shape index (κ2) is 4.43. The molecular formula is C10H17N3OS. The van der Waals surface area contributed by atoms with E-state index in [1.54, 1.807) is 16.7 Å². The third-order valence-electron chi connectivity index (χ3n) is 2.90. The Labute approximate surface area is 94.5 Å². The van der Waals surface area contributed by atoms with E-state index in [-0.39, 0.29) is 11.9 Å². The van der Waals surface area contributed by atoms with Crippen molar-refractivity contribution in [3.8, 4) is 0 Å². The molecule has 1 amide bonds. The van der Waals surface area contributed by atoms with Crippen LogP contribution in [0.4, 0.5) is 0 Å². The Balaban J connectivity index is 1.86. The molecule has 2 aliphatic heterocycles. The molecule has 1 saturated heterocycles. The van der Waals surface area contributed by atoms with Gasteiger partial charge in [-0.1, -0.05) is 18.7 Å². The van der Waals surface area contributed by atoms with Crippen molar-refractivity contribution >= 4 is 22.8 Å². The molecule has 1 N–H and O–H groups in total. The van der Waals surface area contributed by atoms with Crippen LogP contribution in [0.25, 0.3) is 0 Å². The van der Waals surface area contributed by atoms with E-state index in [0.29, 0.717) is 5.25 Å². The lowest BCUT2D eigenvalue weighted by atomic mass is 10.2. The van der Waals surface area contributed by atoms with E-state index >= 15 is 0 Å². The fraction of sp³-hybridized carbons (Fsp3) is 0.800. The zero-order valence-electron chi connectivity index (χ0n) is 9.19. The van der Waals surface area contributed by atoms with Crippen molar-refractivity contribution in [1.29, 1.82) is 0 Å². The van der Waals surface area contributed by atoms with Crippen LogP contribution in [-0.4, -0.2) is 47.4 Å². The average Bonchev–Trinajstić information content (AvgIpc) is 2.80. The summed E-state index contributed by atoms with van der Waals surface area (Å²) in [4.78, 5) is 17.8. The zero-order valence-corrected chi connectivity index (χ0v) is 10.0. The number of hydrogen-bond donors (Lipinski definition) is 1. The fourth-order valence-corrected chi connectivity index (χ4v) is 2.81. The number of amides is 1. The SMILES string of the molecule is CCC1CN=C(NC2CCN(C)C2=O)S1. The molecule has 84 valence electrons. The molecule has 0 spiro atoms. The van der Waals surface area contributed by atoms with Crippen LogP contribution in [0.3, 0.4) is 0 Å². The van der Waals surface area contributed by atoms with E-state index in [2.05, 4.69) is 17.2 Å². The molecule has 5 heteroatoms. The van der Waals surface area contributed by atoms with Gasteiger partial charge < -0.3 is 10.2 Å². The Bertz CT molecular complexity index is 292. The maximum Gasteiger partial charge on any atom is 0.244 e. The summed E-state index contributed by atoms with van der Waals surface area (Å²) < 4.78 is 0. The standard InChI is InChI=1S/C10H17N3OS/c1-3-7-6-11-10(15-7)12-8-4-5-13(2)9(8)14/h7-8H,3-6H2,1-2H3,(H,11,12). The monoisotopic (exact) mass is 227 g/mol. The molecule has 2 atom stereocenters.